The van der Waals surface area contributed by atoms with Crippen LogP contribution in [0.3, 0.4) is 0 Å². The van der Waals surface area contributed by atoms with Crippen LogP contribution < -0.4 is 5.90 Å². The number of aliphatic hydroxyl groups excluding tert-OH is 3. The van der Waals surface area contributed by atoms with Crippen molar-refractivity contribution in [3.8, 4) is 0 Å². The second-order valence-corrected chi connectivity index (χ2v) is 3.95. The van der Waals surface area contributed by atoms with Crippen LogP contribution in [0.2, 0.25) is 0 Å². The second-order valence-electron chi connectivity index (χ2n) is 2.71. The molecule has 0 bridgehead atoms. The fourth-order valence-electron chi connectivity index (χ4n) is 0.580. The van der Waals surface area contributed by atoms with E-state index in [1.165, 1.54) is 7.11 Å². The van der Waals surface area contributed by atoms with Crippen LogP contribution in [0, 0.1) is 0 Å². The van der Waals surface area contributed by atoms with Gasteiger partial charge in [0.2, 0.25) is 0 Å². The molecule has 0 aliphatic carbocycles. The van der Waals surface area contributed by atoms with E-state index in [9.17, 15) is 9.36 Å². The summed E-state index contributed by atoms with van der Waals surface area (Å²) in [4.78, 5) is 30.1. The molecule has 0 saturated carbocycles. The number of aliphatic hydroxyl groups is 3. The van der Waals surface area contributed by atoms with Gasteiger partial charge in [0.1, 0.15) is 18.3 Å². The highest BCUT2D eigenvalue weighted by atomic mass is 31.2. The van der Waals surface area contributed by atoms with Gasteiger partial charge in [-0.2, -0.15) is 0 Å². The van der Waals surface area contributed by atoms with Gasteiger partial charge in [0.15, 0.2) is 6.29 Å². The number of nitrogens with two attached hydrogens (primary N) is 1. The molecule has 0 radical (unpaired) electrons. The Morgan fingerprint density at radius 1 is 1.35 bits per heavy atom. The third kappa shape index (κ3) is 11.8. The lowest BCUT2D eigenvalue weighted by atomic mass is 10.1. The molecule has 7 N–H and O–H groups in total. The molecule has 104 valence electrons. The highest BCUT2D eigenvalue weighted by Gasteiger charge is 2.27. The lowest BCUT2D eigenvalue weighted by molar-refractivity contribution is -0.127. The normalized spacial score (nSPS) is 16.4. The van der Waals surface area contributed by atoms with Crippen LogP contribution >= 0.6 is 7.82 Å². The first-order valence-corrected chi connectivity index (χ1v) is 5.65. The third-order valence-corrected chi connectivity index (χ3v) is 1.78. The molecule has 0 aromatic heterocycles. The van der Waals surface area contributed by atoms with Crippen LogP contribution in [-0.2, 0) is 18.7 Å². The summed E-state index contributed by atoms with van der Waals surface area (Å²) >= 11 is 0. The van der Waals surface area contributed by atoms with Gasteiger partial charge in [-0.15, -0.1) is 0 Å². The van der Waals surface area contributed by atoms with Gasteiger partial charge in [0, 0.05) is 0 Å². The number of phosphoric ester groups is 1. The smallest absolute Gasteiger partial charge is 0.388 e. The van der Waals surface area contributed by atoms with Gasteiger partial charge >= 0.3 is 7.82 Å². The SMILES string of the molecule is CON.O=C[C@H](O)[C@H](O)[C@H](O)COP(=O)(O)O. The first-order chi connectivity index (χ1) is 7.69. The Balaban J connectivity index is 0. The molecule has 0 spiro atoms. The van der Waals surface area contributed by atoms with E-state index in [2.05, 4.69) is 15.3 Å². The van der Waals surface area contributed by atoms with Crippen molar-refractivity contribution in [1.82, 2.24) is 0 Å². The zero-order valence-corrected chi connectivity index (χ0v) is 9.80. The minimum Gasteiger partial charge on any atom is -0.388 e. The quantitative estimate of drug-likeness (QED) is 0.165. The maximum Gasteiger partial charge on any atom is 0.469 e. The number of carbonyl (C=O) groups excluding carboxylic acids is 1. The summed E-state index contributed by atoms with van der Waals surface area (Å²) in [5.74, 6) is 4.35. The molecule has 0 aromatic carbocycles. The number of hydrogen-bond donors (Lipinski definition) is 6. The van der Waals surface area contributed by atoms with Crippen molar-refractivity contribution >= 4 is 14.1 Å². The zero-order valence-electron chi connectivity index (χ0n) is 8.91. The van der Waals surface area contributed by atoms with Gasteiger partial charge in [0.05, 0.1) is 13.7 Å². The topological polar surface area (TPSA) is 180 Å². The maximum absolute atomic E-state index is 10.1. The average molecular weight is 277 g/mol. The molecular formula is C6H16NO9P. The number of carbonyl (C=O) groups is 1. The molecule has 11 heteroatoms. The van der Waals surface area contributed by atoms with Gasteiger partial charge in [0.25, 0.3) is 0 Å². The van der Waals surface area contributed by atoms with Crippen molar-refractivity contribution < 1.29 is 43.8 Å². The van der Waals surface area contributed by atoms with Crippen molar-refractivity contribution in [2.45, 2.75) is 18.3 Å². The van der Waals surface area contributed by atoms with E-state index in [1.54, 1.807) is 0 Å². The second kappa shape index (κ2) is 9.59. The van der Waals surface area contributed by atoms with Gasteiger partial charge in [-0.3, -0.25) is 4.52 Å². The fraction of sp³-hybridized carbons (Fsp3) is 0.833. The first-order valence-electron chi connectivity index (χ1n) is 4.12. The third-order valence-electron chi connectivity index (χ3n) is 1.30. The summed E-state index contributed by atoms with van der Waals surface area (Å²) in [7, 11) is -3.34. The molecule has 0 amide bonds. The van der Waals surface area contributed by atoms with Crippen LogP contribution in [0.15, 0.2) is 0 Å². The van der Waals surface area contributed by atoms with E-state index >= 15 is 0 Å². The van der Waals surface area contributed by atoms with Gasteiger partial charge in [-0.05, 0) is 0 Å². The molecule has 0 fully saturated rings. The standard InChI is InChI=1S/C5H11O8P.CH5NO/c6-1-3(7)5(9)4(8)2-13-14(10,11)12;1-3-2/h1,3-5,7-9H,2H2,(H2,10,11,12);2H2,1H3/t3-,4+,5-;/m0./s1. The van der Waals surface area contributed by atoms with Gasteiger partial charge < -0.3 is 34.7 Å². The molecule has 0 saturated heterocycles. The lowest BCUT2D eigenvalue weighted by Crippen LogP contribution is -2.40. The predicted octanol–water partition coefficient (Wildman–Crippen LogP) is -3.12. The Morgan fingerprint density at radius 2 is 1.76 bits per heavy atom. The monoisotopic (exact) mass is 277 g/mol. The lowest BCUT2D eigenvalue weighted by Gasteiger charge is -2.19. The van der Waals surface area contributed by atoms with Crippen LogP contribution in [0.1, 0.15) is 0 Å². The molecule has 0 heterocycles. The average Bonchev–Trinajstić information content (AvgIpc) is 2.23. The highest BCUT2D eigenvalue weighted by molar-refractivity contribution is 7.46. The number of phosphoric acid groups is 1. The Morgan fingerprint density at radius 3 is 2.06 bits per heavy atom. The Kier molecular flexibility index (Phi) is 10.7. The van der Waals surface area contributed by atoms with E-state index in [0.29, 0.717) is 0 Å². The number of hydrogen-bond acceptors (Lipinski definition) is 8. The van der Waals surface area contributed by atoms with E-state index in [1.807, 2.05) is 0 Å². The highest BCUT2D eigenvalue weighted by Crippen LogP contribution is 2.35. The van der Waals surface area contributed by atoms with Crippen molar-refractivity contribution in [1.29, 1.82) is 0 Å². The summed E-state index contributed by atoms with van der Waals surface area (Å²) in [5, 5.41) is 26.6. The van der Waals surface area contributed by atoms with Crippen molar-refractivity contribution in [3.63, 3.8) is 0 Å². The summed E-state index contributed by atoms with van der Waals surface area (Å²) in [5.41, 5.74) is 0. The molecule has 0 aliphatic heterocycles. The van der Waals surface area contributed by atoms with Crippen molar-refractivity contribution in [2.75, 3.05) is 13.7 Å². The summed E-state index contributed by atoms with van der Waals surface area (Å²) in [6.07, 6.45) is -5.46. The molecule has 0 unspecified atom stereocenters. The Hall–Kier alpha value is -0.420. The van der Waals surface area contributed by atoms with Gasteiger partial charge in [-0.25, -0.2) is 10.5 Å². The molecule has 0 rings (SSSR count). The molecule has 17 heavy (non-hydrogen) atoms. The minimum absolute atomic E-state index is 0.0225. The van der Waals surface area contributed by atoms with Gasteiger partial charge in [-0.1, -0.05) is 0 Å². The molecule has 0 aromatic rings. The zero-order chi connectivity index (χ0) is 14.1. The minimum atomic E-state index is -4.74. The predicted molar refractivity (Wildman–Crippen MR) is 53.3 cm³/mol. The van der Waals surface area contributed by atoms with E-state index in [0.717, 1.165) is 0 Å². The van der Waals surface area contributed by atoms with Crippen LogP contribution in [-0.4, -0.2) is 63.4 Å². The van der Waals surface area contributed by atoms with Crippen LogP contribution in [0.5, 0.6) is 0 Å². The van der Waals surface area contributed by atoms with Crippen molar-refractivity contribution in [3.05, 3.63) is 0 Å². The number of rotatable bonds is 6. The summed E-state index contributed by atoms with van der Waals surface area (Å²) in [6.45, 7) is -0.893. The molecule has 10 nitrogen and oxygen atoms in total. The fourth-order valence-corrected chi connectivity index (χ4v) is 0.927. The molecular weight excluding hydrogens is 261 g/mol. The van der Waals surface area contributed by atoms with E-state index in [-0.39, 0.29) is 6.29 Å². The molecule has 0 aliphatic rings. The first kappa shape index (κ1) is 18.9. The van der Waals surface area contributed by atoms with E-state index < -0.39 is 32.7 Å². The summed E-state index contributed by atoms with van der Waals surface area (Å²) in [6, 6.07) is 0. The van der Waals surface area contributed by atoms with Crippen molar-refractivity contribution in [2.24, 2.45) is 5.90 Å². The van der Waals surface area contributed by atoms with E-state index in [4.69, 9.17) is 25.1 Å². The Labute approximate surface area is 96.8 Å². The number of aldehydes is 1. The largest absolute Gasteiger partial charge is 0.469 e. The maximum atomic E-state index is 10.1. The Bertz CT molecular complexity index is 244. The summed E-state index contributed by atoms with van der Waals surface area (Å²) < 4.78 is 14.0. The molecule has 3 atom stereocenters. The van der Waals surface area contributed by atoms with Crippen LogP contribution in [0.25, 0.3) is 0 Å². The van der Waals surface area contributed by atoms with Crippen LogP contribution in [0.4, 0.5) is 0 Å².